The minimum atomic E-state index is -0.139. The maximum absolute atomic E-state index is 13.6. The van der Waals surface area contributed by atoms with Gasteiger partial charge in [-0.1, -0.05) is 41.9 Å². The summed E-state index contributed by atoms with van der Waals surface area (Å²) in [4.78, 5) is 0. The second-order valence-corrected chi connectivity index (χ2v) is 5.57. The zero-order valence-corrected chi connectivity index (χ0v) is 12.5. The van der Waals surface area contributed by atoms with Crippen molar-refractivity contribution in [2.24, 2.45) is 0 Å². The molecule has 0 heterocycles. The highest BCUT2D eigenvalue weighted by atomic mass is 35.5. The Kier molecular flexibility index (Phi) is 5.16. The minimum Gasteiger partial charge on any atom is -0.307 e. The molecule has 0 radical (unpaired) electrons. The SMILES string of the molecule is CC(Cc1ccccc1F)N[C@@H](C)c1ccc(Cl)cc1. The van der Waals surface area contributed by atoms with Gasteiger partial charge in [0.15, 0.2) is 0 Å². The Morgan fingerprint density at radius 1 is 1.05 bits per heavy atom. The van der Waals surface area contributed by atoms with Crippen molar-refractivity contribution < 1.29 is 4.39 Å². The van der Waals surface area contributed by atoms with E-state index in [0.29, 0.717) is 6.42 Å². The summed E-state index contributed by atoms with van der Waals surface area (Å²) >= 11 is 5.88. The lowest BCUT2D eigenvalue weighted by Crippen LogP contribution is -2.31. The number of hydrogen-bond acceptors (Lipinski definition) is 1. The van der Waals surface area contributed by atoms with Gasteiger partial charge in [0, 0.05) is 17.1 Å². The van der Waals surface area contributed by atoms with Gasteiger partial charge in [0.25, 0.3) is 0 Å². The van der Waals surface area contributed by atoms with E-state index in [4.69, 9.17) is 11.6 Å². The topological polar surface area (TPSA) is 12.0 Å². The summed E-state index contributed by atoms with van der Waals surface area (Å²) in [6, 6.07) is 15.1. The molecule has 3 heteroatoms. The van der Waals surface area contributed by atoms with E-state index >= 15 is 0 Å². The molecule has 0 spiro atoms. The van der Waals surface area contributed by atoms with Crippen LogP contribution in [0, 0.1) is 5.82 Å². The Labute approximate surface area is 124 Å². The van der Waals surface area contributed by atoms with Gasteiger partial charge in [-0.05, 0) is 49.6 Å². The third-order valence-electron chi connectivity index (χ3n) is 3.39. The molecule has 0 fully saturated rings. The maximum atomic E-state index is 13.6. The molecule has 0 aliphatic rings. The third-order valence-corrected chi connectivity index (χ3v) is 3.64. The first-order chi connectivity index (χ1) is 9.56. The Morgan fingerprint density at radius 3 is 2.35 bits per heavy atom. The van der Waals surface area contributed by atoms with Crippen molar-refractivity contribution in [2.75, 3.05) is 0 Å². The van der Waals surface area contributed by atoms with Crippen LogP contribution in [-0.2, 0) is 6.42 Å². The fourth-order valence-electron chi connectivity index (χ4n) is 2.33. The van der Waals surface area contributed by atoms with E-state index in [1.807, 2.05) is 36.4 Å². The molecule has 0 saturated carbocycles. The third kappa shape index (κ3) is 4.06. The number of rotatable bonds is 5. The van der Waals surface area contributed by atoms with E-state index < -0.39 is 0 Å². The van der Waals surface area contributed by atoms with Gasteiger partial charge in [0.2, 0.25) is 0 Å². The zero-order chi connectivity index (χ0) is 14.5. The van der Waals surface area contributed by atoms with Crippen LogP contribution >= 0.6 is 11.6 Å². The Morgan fingerprint density at radius 2 is 1.70 bits per heavy atom. The molecule has 0 bridgehead atoms. The fourth-order valence-corrected chi connectivity index (χ4v) is 2.45. The van der Waals surface area contributed by atoms with Crippen LogP contribution in [0.1, 0.15) is 31.0 Å². The molecule has 0 saturated heterocycles. The van der Waals surface area contributed by atoms with Crippen LogP contribution in [0.15, 0.2) is 48.5 Å². The van der Waals surface area contributed by atoms with Crippen LogP contribution < -0.4 is 5.32 Å². The smallest absolute Gasteiger partial charge is 0.126 e. The van der Waals surface area contributed by atoms with Crippen molar-refractivity contribution in [3.05, 3.63) is 70.5 Å². The number of hydrogen-bond donors (Lipinski definition) is 1. The number of nitrogens with one attached hydrogen (secondary N) is 1. The highest BCUT2D eigenvalue weighted by molar-refractivity contribution is 6.30. The first kappa shape index (κ1) is 15.0. The molecular weight excluding hydrogens is 273 g/mol. The van der Waals surface area contributed by atoms with Crippen LogP contribution in [-0.4, -0.2) is 6.04 Å². The molecule has 0 aliphatic heterocycles. The standard InChI is InChI=1S/C17H19ClFN/c1-12(11-15-5-3-4-6-17(15)19)20-13(2)14-7-9-16(18)10-8-14/h3-10,12-13,20H,11H2,1-2H3/t12?,13-/m0/s1. The van der Waals surface area contributed by atoms with Gasteiger partial charge in [0.1, 0.15) is 5.82 Å². The van der Waals surface area contributed by atoms with Gasteiger partial charge < -0.3 is 5.32 Å². The monoisotopic (exact) mass is 291 g/mol. The first-order valence-electron chi connectivity index (χ1n) is 6.81. The molecule has 20 heavy (non-hydrogen) atoms. The summed E-state index contributed by atoms with van der Waals surface area (Å²) in [7, 11) is 0. The molecular formula is C17H19ClFN. The predicted molar refractivity (Wildman–Crippen MR) is 82.6 cm³/mol. The van der Waals surface area contributed by atoms with Gasteiger partial charge in [-0.15, -0.1) is 0 Å². The molecule has 1 nitrogen and oxygen atoms in total. The number of benzene rings is 2. The Hall–Kier alpha value is -1.38. The molecule has 106 valence electrons. The normalized spacial score (nSPS) is 14.0. The minimum absolute atomic E-state index is 0.139. The van der Waals surface area contributed by atoms with E-state index in [1.165, 1.54) is 11.6 Å². The molecule has 1 N–H and O–H groups in total. The summed E-state index contributed by atoms with van der Waals surface area (Å²) in [5.41, 5.74) is 1.92. The summed E-state index contributed by atoms with van der Waals surface area (Å²) < 4.78 is 13.6. The lowest BCUT2D eigenvalue weighted by molar-refractivity contribution is 0.469. The van der Waals surface area contributed by atoms with Crippen LogP contribution in [0.4, 0.5) is 4.39 Å². The Bertz CT molecular complexity index is 553. The lowest BCUT2D eigenvalue weighted by Gasteiger charge is -2.20. The van der Waals surface area contributed by atoms with E-state index in [0.717, 1.165) is 10.6 Å². The fraction of sp³-hybridized carbons (Fsp3) is 0.294. The van der Waals surface area contributed by atoms with E-state index in [9.17, 15) is 4.39 Å². The summed E-state index contributed by atoms with van der Waals surface area (Å²) in [6.45, 7) is 4.17. The van der Waals surface area contributed by atoms with Crippen molar-refractivity contribution in [1.29, 1.82) is 0 Å². The van der Waals surface area contributed by atoms with Crippen LogP contribution in [0.3, 0.4) is 0 Å². The summed E-state index contributed by atoms with van der Waals surface area (Å²) in [5, 5.41) is 4.22. The van der Waals surface area contributed by atoms with Crippen molar-refractivity contribution in [3.63, 3.8) is 0 Å². The van der Waals surface area contributed by atoms with Gasteiger partial charge in [-0.2, -0.15) is 0 Å². The molecule has 2 atom stereocenters. The highest BCUT2D eigenvalue weighted by Crippen LogP contribution is 2.17. The molecule has 0 aliphatic carbocycles. The molecule has 2 rings (SSSR count). The molecule has 0 amide bonds. The lowest BCUT2D eigenvalue weighted by atomic mass is 10.0. The summed E-state index contributed by atoms with van der Waals surface area (Å²) in [5.74, 6) is -0.139. The van der Waals surface area contributed by atoms with Crippen molar-refractivity contribution in [3.8, 4) is 0 Å². The zero-order valence-electron chi connectivity index (χ0n) is 11.7. The second-order valence-electron chi connectivity index (χ2n) is 5.14. The largest absolute Gasteiger partial charge is 0.307 e. The quantitative estimate of drug-likeness (QED) is 0.837. The molecule has 1 unspecified atom stereocenters. The van der Waals surface area contributed by atoms with Crippen molar-refractivity contribution in [2.45, 2.75) is 32.4 Å². The van der Waals surface area contributed by atoms with Gasteiger partial charge in [-0.3, -0.25) is 0 Å². The second kappa shape index (κ2) is 6.87. The highest BCUT2D eigenvalue weighted by Gasteiger charge is 2.11. The molecule has 0 aromatic heterocycles. The summed E-state index contributed by atoms with van der Waals surface area (Å²) in [6.07, 6.45) is 0.671. The van der Waals surface area contributed by atoms with Gasteiger partial charge in [0.05, 0.1) is 0 Å². The average molecular weight is 292 g/mol. The molecule has 2 aromatic rings. The van der Waals surface area contributed by atoms with E-state index in [-0.39, 0.29) is 17.9 Å². The van der Waals surface area contributed by atoms with E-state index in [1.54, 1.807) is 6.07 Å². The van der Waals surface area contributed by atoms with Crippen molar-refractivity contribution in [1.82, 2.24) is 5.32 Å². The van der Waals surface area contributed by atoms with Gasteiger partial charge in [-0.25, -0.2) is 4.39 Å². The van der Waals surface area contributed by atoms with E-state index in [2.05, 4.69) is 19.2 Å². The maximum Gasteiger partial charge on any atom is 0.126 e. The molecule has 2 aromatic carbocycles. The Balaban J connectivity index is 1.96. The average Bonchev–Trinajstić information content (AvgIpc) is 2.42. The van der Waals surface area contributed by atoms with Gasteiger partial charge >= 0.3 is 0 Å². The van der Waals surface area contributed by atoms with Crippen LogP contribution in [0.2, 0.25) is 5.02 Å². The van der Waals surface area contributed by atoms with Crippen LogP contribution in [0.25, 0.3) is 0 Å². The number of halogens is 2. The van der Waals surface area contributed by atoms with Crippen LogP contribution in [0.5, 0.6) is 0 Å². The first-order valence-corrected chi connectivity index (χ1v) is 7.19. The predicted octanol–water partition coefficient (Wildman–Crippen LogP) is 4.76. The van der Waals surface area contributed by atoms with Crippen molar-refractivity contribution >= 4 is 11.6 Å².